The Kier molecular flexibility index (Phi) is 6.68. The first kappa shape index (κ1) is 17.0. The summed E-state index contributed by atoms with van der Waals surface area (Å²) >= 11 is 0. The summed E-state index contributed by atoms with van der Waals surface area (Å²) in [5.74, 6) is -1.01. The number of carboxylic acids is 1. The predicted octanol–water partition coefficient (Wildman–Crippen LogP) is 2.40. The van der Waals surface area contributed by atoms with E-state index in [1.807, 2.05) is 13.8 Å². The first-order valence-corrected chi connectivity index (χ1v) is 7.05. The number of aliphatic hydroxyl groups is 1. The number of benzene rings is 1. The van der Waals surface area contributed by atoms with Gasteiger partial charge in [-0.1, -0.05) is 13.8 Å². The maximum atomic E-state index is 12.3. The lowest BCUT2D eigenvalue weighted by atomic mass is 10.1. The average molecular weight is 294 g/mol. The van der Waals surface area contributed by atoms with Crippen LogP contribution in [0.5, 0.6) is 0 Å². The van der Waals surface area contributed by atoms with Crippen LogP contribution in [-0.2, 0) is 0 Å². The standard InChI is InChI=1S/C15H22N2O4/c1-3-13(4-2)17(9-10-18)15(21)16-12-7-5-11(6-8-12)14(19)20/h5-8,13,18H,3-4,9-10H2,1-2H3,(H,16,21)(H,19,20). The second-order valence-electron chi connectivity index (χ2n) is 4.70. The van der Waals surface area contributed by atoms with Crippen molar-refractivity contribution in [3.63, 3.8) is 0 Å². The van der Waals surface area contributed by atoms with Crippen molar-refractivity contribution in [1.82, 2.24) is 4.90 Å². The molecule has 116 valence electrons. The van der Waals surface area contributed by atoms with Crippen molar-refractivity contribution in [3.8, 4) is 0 Å². The summed E-state index contributed by atoms with van der Waals surface area (Å²) in [6.07, 6.45) is 1.61. The number of hydrogen-bond acceptors (Lipinski definition) is 3. The number of amides is 2. The molecule has 0 aliphatic carbocycles. The predicted molar refractivity (Wildman–Crippen MR) is 80.6 cm³/mol. The van der Waals surface area contributed by atoms with Crippen molar-refractivity contribution in [1.29, 1.82) is 0 Å². The van der Waals surface area contributed by atoms with Gasteiger partial charge >= 0.3 is 12.0 Å². The van der Waals surface area contributed by atoms with E-state index >= 15 is 0 Å². The normalized spacial score (nSPS) is 10.5. The molecule has 3 N–H and O–H groups in total. The number of carboxylic acid groups (broad SMARTS) is 1. The molecule has 0 saturated carbocycles. The minimum absolute atomic E-state index is 0.0652. The van der Waals surface area contributed by atoms with E-state index in [0.29, 0.717) is 5.69 Å². The fourth-order valence-corrected chi connectivity index (χ4v) is 2.18. The van der Waals surface area contributed by atoms with Gasteiger partial charge in [0.05, 0.1) is 12.2 Å². The molecule has 21 heavy (non-hydrogen) atoms. The number of urea groups is 1. The number of aliphatic hydroxyl groups excluding tert-OH is 1. The zero-order valence-corrected chi connectivity index (χ0v) is 12.4. The van der Waals surface area contributed by atoms with Crippen molar-refractivity contribution in [2.75, 3.05) is 18.5 Å². The van der Waals surface area contributed by atoms with Gasteiger partial charge in [-0.3, -0.25) is 0 Å². The van der Waals surface area contributed by atoms with E-state index < -0.39 is 5.97 Å². The second-order valence-corrected chi connectivity index (χ2v) is 4.70. The van der Waals surface area contributed by atoms with Gasteiger partial charge in [-0.15, -0.1) is 0 Å². The lowest BCUT2D eigenvalue weighted by Crippen LogP contribution is -2.44. The maximum Gasteiger partial charge on any atom is 0.335 e. The van der Waals surface area contributed by atoms with Gasteiger partial charge in [0.25, 0.3) is 0 Å². The third kappa shape index (κ3) is 4.75. The van der Waals surface area contributed by atoms with Gasteiger partial charge in [-0.25, -0.2) is 9.59 Å². The van der Waals surface area contributed by atoms with E-state index in [9.17, 15) is 9.59 Å². The highest BCUT2D eigenvalue weighted by atomic mass is 16.4. The molecule has 0 bridgehead atoms. The lowest BCUT2D eigenvalue weighted by molar-refractivity contribution is 0.0697. The van der Waals surface area contributed by atoms with E-state index in [4.69, 9.17) is 10.2 Å². The fourth-order valence-electron chi connectivity index (χ4n) is 2.18. The largest absolute Gasteiger partial charge is 0.478 e. The number of aromatic carboxylic acids is 1. The van der Waals surface area contributed by atoms with Gasteiger partial charge in [-0.2, -0.15) is 0 Å². The van der Waals surface area contributed by atoms with Crippen LogP contribution in [0.15, 0.2) is 24.3 Å². The lowest BCUT2D eigenvalue weighted by Gasteiger charge is -2.30. The van der Waals surface area contributed by atoms with Gasteiger partial charge in [0.2, 0.25) is 0 Å². The molecule has 0 fully saturated rings. The number of carbonyl (C=O) groups excluding carboxylic acids is 1. The number of anilines is 1. The minimum Gasteiger partial charge on any atom is -0.478 e. The van der Waals surface area contributed by atoms with Crippen LogP contribution in [0.25, 0.3) is 0 Å². The summed E-state index contributed by atoms with van der Waals surface area (Å²) in [5.41, 5.74) is 0.694. The third-order valence-corrected chi connectivity index (χ3v) is 3.37. The molecule has 1 aromatic carbocycles. The van der Waals surface area contributed by atoms with Crippen molar-refractivity contribution in [2.45, 2.75) is 32.7 Å². The number of nitrogens with one attached hydrogen (secondary N) is 1. The Morgan fingerprint density at radius 1 is 1.19 bits per heavy atom. The van der Waals surface area contributed by atoms with Gasteiger partial charge in [0.15, 0.2) is 0 Å². The number of rotatable bonds is 7. The molecule has 1 aromatic rings. The Morgan fingerprint density at radius 2 is 1.76 bits per heavy atom. The average Bonchev–Trinajstić information content (AvgIpc) is 2.48. The van der Waals surface area contributed by atoms with E-state index in [-0.39, 0.29) is 30.8 Å². The Morgan fingerprint density at radius 3 is 2.19 bits per heavy atom. The van der Waals surface area contributed by atoms with Gasteiger partial charge < -0.3 is 20.4 Å². The van der Waals surface area contributed by atoms with Crippen LogP contribution in [0.1, 0.15) is 37.0 Å². The molecule has 2 amide bonds. The highest BCUT2D eigenvalue weighted by molar-refractivity contribution is 5.91. The van der Waals surface area contributed by atoms with E-state index in [2.05, 4.69) is 5.32 Å². The molecule has 0 aliphatic heterocycles. The van der Waals surface area contributed by atoms with Gasteiger partial charge in [-0.05, 0) is 37.1 Å². The Hall–Kier alpha value is -2.08. The summed E-state index contributed by atoms with van der Waals surface area (Å²) in [7, 11) is 0. The van der Waals surface area contributed by atoms with Crippen LogP contribution in [-0.4, -0.2) is 46.3 Å². The molecule has 0 aliphatic rings. The molecule has 0 saturated heterocycles. The van der Waals surface area contributed by atoms with Gasteiger partial charge in [0.1, 0.15) is 0 Å². The van der Waals surface area contributed by atoms with Crippen LogP contribution < -0.4 is 5.32 Å². The van der Waals surface area contributed by atoms with E-state index in [1.54, 1.807) is 17.0 Å². The fraction of sp³-hybridized carbons (Fsp3) is 0.467. The highest BCUT2D eigenvalue weighted by Gasteiger charge is 2.20. The minimum atomic E-state index is -1.01. The topological polar surface area (TPSA) is 89.9 Å². The number of carbonyl (C=O) groups is 2. The molecule has 0 aromatic heterocycles. The monoisotopic (exact) mass is 294 g/mol. The quantitative estimate of drug-likeness (QED) is 0.720. The Bertz CT molecular complexity index is 469. The van der Waals surface area contributed by atoms with Crippen molar-refractivity contribution in [3.05, 3.63) is 29.8 Å². The summed E-state index contributed by atoms with van der Waals surface area (Å²) < 4.78 is 0. The smallest absolute Gasteiger partial charge is 0.335 e. The molecule has 0 radical (unpaired) electrons. The zero-order chi connectivity index (χ0) is 15.8. The summed E-state index contributed by atoms with van der Waals surface area (Å²) in [5, 5.41) is 20.7. The third-order valence-electron chi connectivity index (χ3n) is 3.37. The zero-order valence-electron chi connectivity index (χ0n) is 12.4. The summed E-state index contributed by atoms with van der Waals surface area (Å²) in [6, 6.07) is 5.74. The van der Waals surface area contributed by atoms with Crippen molar-refractivity contribution < 1.29 is 19.8 Å². The maximum absolute atomic E-state index is 12.3. The molecular weight excluding hydrogens is 272 g/mol. The summed E-state index contributed by atoms with van der Waals surface area (Å²) in [6.45, 7) is 4.16. The Labute approximate surface area is 124 Å². The van der Waals surface area contributed by atoms with Crippen LogP contribution in [0.2, 0.25) is 0 Å². The summed E-state index contributed by atoms with van der Waals surface area (Å²) in [4.78, 5) is 24.6. The van der Waals surface area contributed by atoms with Crippen molar-refractivity contribution >= 4 is 17.7 Å². The molecule has 0 heterocycles. The van der Waals surface area contributed by atoms with E-state index in [1.165, 1.54) is 12.1 Å². The van der Waals surface area contributed by atoms with Gasteiger partial charge in [0, 0.05) is 18.3 Å². The molecule has 6 nitrogen and oxygen atoms in total. The van der Waals surface area contributed by atoms with Crippen LogP contribution >= 0.6 is 0 Å². The first-order valence-electron chi connectivity index (χ1n) is 7.05. The number of nitrogens with zero attached hydrogens (tertiary/aromatic N) is 1. The molecular formula is C15H22N2O4. The highest BCUT2D eigenvalue weighted by Crippen LogP contribution is 2.14. The molecule has 0 atom stereocenters. The SMILES string of the molecule is CCC(CC)N(CCO)C(=O)Nc1ccc(C(=O)O)cc1. The number of hydrogen-bond donors (Lipinski definition) is 3. The van der Waals surface area contributed by atoms with Crippen LogP contribution in [0.3, 0.4) is 0 Å². The van der Waals surface area contributed by atoms with Crippen molar-refractivity contribution in [2.24, 2.45) is 0 Å². The Balaban J connectivity index is 2.78. The van der Waals surface area contributed by atoms with Crippen LogP contribution in [0.4, 0.5) is 10.5 Å². The second kappa shape index (κ2) is 8.26. The molecule has 0 unspecified atom stereocenters. The van der Waals surface area contributed by atoms with E-state index in [0.717, 1.165) is 12.8 Å². The van der Waals surface area contributed by atoms with Crippen LogP contribution in [0, 0.1) is 0 Å². The molecule has 1 rings (SSSR count). The molecule has 0 spiro atoms. The first-order chi connectivity index (χ1) is 10.0. The molecule has 6 heteroatoms.